The Morgan fingerprint density at radius 3 is 2.04 bits per heavy atom. The third-order valence-electron chi connectivity index (χ3n) is 6.41. The van der Waals surface area contributed by atoms with Crippen molar-refractivity contribution < 1.29 is 0 Å². The van der Waals surface area contributed by atoms with Gasteiger partial charge in [0.15, 0.2) is 8.07 Å². The molecule has 150 valence electrons. The lowest BCUT2D eigenvalue weighted by Crippen LogP contribution is -2.64. The molecule has 3 aromatic rings. The van der Waals surface area contributed by atoms with Gasteiger partial charge in [0.1, 0.15) is 0 Å². The van der Waals surface area contributed by atoms with Gasteiger partial charge in [0, 0.05) is 28.9 Å². The van der Waals surface area contributed by atoms with E-state index in [-0.39, 0.29) is 0 Å². The van der Waals surface area contributed by atoms with E-state index in [2.05, 4.69) is 70.2 Å². The van der Waals surface area contributed by atoms with Crippen LogP contribution in [0.3, 0.4) is 0 Å². The first-order valence-electron chi connectivity index (χ1n) is 10.8. The van der Waals surface area contributed by atoms with Crippen molar-refractivity contribution in [3.8, 4) is 9.75 Å². The van der Waals surface area contributed by atoms with Crippen molar-refractivity contribution in [1.29, 1.82) is 0 Å². The highest BCUT2D eigenvalue weighted by molar-refractivity contribution is 7.38. The Balaban J connectivity index is 1.92. The molecule has 0 aliphatic carbocycles. The number of thiophene rings is 3. The van der Waals surface area contributed by atoms with E-state index in [1.807, 2.05) is 22.7 Å². The zero-order valence-electron chi connectivity index (χ0n) is 17.9. The van der Waals surface area contributed by atoms with Crippen LogP contribution in [0.5, 0.6) is 0 Å². The van der Waals surface area contributed by atoms with Gasteiger partial charge in [0.2, 0.25) is 0 Å². The summed E-state index contributed by atoms with van der Waals surface area (Å²) >= 11 is 6.21. The Bertz CT molecular complexity index is 912. The zero-order chi connectivity index (χ0) is 19.9. The summed E-state index contributed by atoms with van der Waals surface area (Å²) in [6, 6.07) is 11.5. The van der Waals surface area contributed by atoms with Crippen molar-refractivity contribution in [2.75, 3.05) is 0 Å². The lowest BCUT2D eigenvalue weighted by Gasteiger charge is -2.31. The SMILES string of the molecule is CCCCC(CC)C[Si]1(c2ccc(CC)s2)c2cc(C)sc2-c2sc(C)cc21. The maximum atomic E-state index is 2.58. The smallest absolute Gasteiger partial charge is 0.149 e. The molecular weight excluding hydrogens is 413 g/mol. The minimum absolute atomic E-state index is 0.845. The fourth-order valence-corrected chi connectivity index (χ4v) is 16.5. The number of fused-ring (bicyclic) bond motifs is 3. The molecule has 0 nitrogen and oxygen atoms in total. The molecule has 4 heteroatoms. The molecule has 1 aliphatic heterocycles. The van der Waals surface area contributed by atoms with Crippen LogP contribution in [-0.2, 0) is 6.42 Å². The van der Waals surface area contributed by atoms with E-state index in [1.165, 1.54) is 41.5 Å². The second kappa shape index (κ2) is 8.21. The molecule has 1 aliphatic rings. The third kappa shape index (κ3) is 3.30. The maximum Gasteiger partial charge on any atom is 0.164 e. The fourth-order valence-electron chi connectivity index (χ4n) is 4.90. The first-order valence-corrected chi connectivity index (χ1v) is 15.5. The van der Waals surface area contributed by atoms with Crippen molar-refractivity contribution in [1.82, 2.24) is 0 Å². The average molecular weight is 445 g/mol. The first-order chi connectivity index (χ1) is 13.5. The summed E-state index contributed by atoms with van der Waals surface area (Å²) in [6.07, 6.45) is 6.56. The number of hydrogen-bond donors (Lipinski definition) is 0. The van der Waals surface area contributed by atoms with Crippen LogP contribution in [0.1, 0.15) is 61.1 Å². The van der Waals surface area contributed by atoms with Gasteiger partial charge in [-0.25, -0.2) is 0 Å². The van der Waals surface area contributed by atoms with Crippen molar-refractivity contribution in [3.63, 3.8) is 0 Å². The van der Waals surface area contributed by atoms with Crippen molar-refractivity contribution in [2.45, 2.75) is 72.8 Å². The summed E-state index contributed by atoms with van der Waals surface area (Å²) in [5.74, 6) is 0.845. The van der Waals surface area contributed by atoms with Crippen LogP contribution < -0.4 is 14.9 Å². The van der Waals surface area contributed by atoms with Crippen molar-refractivity contribution >= 4 is 57.0 Å². The molecule has 4 heterocycles. The van der Waals surface area contributed by atoms with Gasteiger partial charge in [-0.1, -0.05) is 52.5 Å². The van der Waals surface area contributed by atoms with Gasteiger partial charge >= 0.3 is 0 Å². The van der Waals surface area contributed by atoms with Gasteiger partial charge in [0.05, 0.1) is 0 Å². The minimum atomic E-state index is -1.90. The number of rotatable bonds is 8. The number of hydrogen-bond acceptors (Lipinski definition) is 3. The van der Waals surface area contributed by atoms with E-state index in [0.29, 0.717) is 0 Å². The fraction of sp³-hybridized carbons (Fsp3) is 0.500. The van der Waals surface area contributed by atoms with E-state index in [0.717, 1.165) is 12.3 Å². The van der Waals surface area contributed by atoms with Crippen molar-refractivity contribution in [3.05, 3.63) is 38.9 Å². The molecule has 1 unspecified atom stereocenters. The van der Waals surface area contributed by atoms with Crippen LogP contribution in [0.15, 0.2) is 24.3 Å². The Hall–Kier alpha value is -0.683. The standard InChI is InChI=1S/C24H32S3Si/c1-6-9-10-18(7-2)15-28(22-12-11-19(8-3)27-22)20-13-16(4)25-23(20)24-21(28)14-17(5)26-24/h11-14,18H,6-10,15H2,1-5H3. The first kappa shape index (κ1) is 20.6. The summed E-state index contributed by atoms with van der Waals surface area (Å²) in [4.78, 5) is 7.78. The van der Waals surface area contributed by atoms with Crippen LogP contribution in [-0.4, -0.2) is 8.07 Å². The summed E-state index contributed by atoms with van der Waals surface area (Å²) in [7, 11) is -1.90. The second-order valence-corrected chi connectivity index (χ2v) is 16.2. The Morgan fingerprint density at radius 2 is 1.54 bits per heavy atom. The number of unbranched alkanes of at least 4 members (excludes halogenated alkanes) is 1. The summed E-state index contributed by atoms with van der Waals surface area (Å²) in [5.41, 5.74) is 0. The van der Waals surface area contributed by atoms with Gasteiger partial charge in [-0.3, -0.25) is 0 Å². The average Bonchev–Trinajstić information content (AvgIpc) is 3.43. The van der Waals surface area contributed by atoms with E-state index < -0.39 is 8.07 Å². The molecule has 4 rings (SSSR count). The van der Waals surface area contributed by atoms with Gasteiger partial charge in [-0.2, -0.15) is 0 Å². The molecule has 1 atom stereocenters. The molecule has 3 aromatic heterocycles. The molecule has 0 spiro atoms. The normalized spacial score (nSPS) is 15.6. The monoisotopic (exact) mass is 444 g/mol. The van der Waals surface area contributed by atoms with Crippen LogP contribution in [0.4, 0.5) is 0 Å². The molecule has 0 saturated heterocycles. The van der Waals surface area contributed by atoms with Crippen LogP contribution >= 0.6 is 34.0 Å². The highest BCUT2D eigenvalue weighted by atomic mass is 32.1. The number of aryl methyl sites for hydroxylation is 3. The molecular formula is C24H32S3Si. The van der Waals surface area contributed by atoms with Gasteiger partial charge in [0.25, 0.3) is 0 Å². The van der Waals surface area contributed by atoms with Gasteiger partial charge in [-0.15, -0.1) is 34.0 Å². The van der Waals surface area contributed by atoms with E-state index >= 15 is 0 Å². The van der Waals surface area contributed by atoms with Crippen LogP contribution in [0, 0.1) is 19.8 Å². The second-order valence-electron chi connectivity index (χ2n) is 8.35. The highest BCUT2D eigenvalue weighted by Gasteiger charge is 2.50. The lowest BCUT2D eigenvalue weighted by atomic mass is 10.0. The lowest BCUT2D eigenvalue weighted by molar-refractivity contribution is 0.488. The molecule has 0 radical (unpaired) electrons. The Morgan fingerprint density at radius 1 is 0.893 bits per heavy atom. The molecule has 28 heavy (non-hydrogen) atoms. The highest BCUT2D eigenvalue weighted by Crippen LogP contribution is 2.42. The minimum Gasteiger partial charge on any atom is -0.149 e. The maximum absolute atomic E-state index is 2.58. The molecule has 0 bridgehead atoms. The molecule has 0 amide bonds. The zero-order valence-corrected chi connectivity index (χ0v) is 21.3. The van der Waals surface area contributed by atoms with E-state index in [1.54, 1.807) is 29.5 Å². The molecule has 0 N–H and O–H groups in total. The van der Waals surface area contributed by atoms with E-state index in [4.69, 9.17) is 0 Å². The molecule has 0 saturated carbocycles. The molecule has 0 aromatic carbocycles. The Labute approximate surface area is 183 Å². The summed E-state index contributed by atoms with van der Waals surface area (Å²) < 4.78 is 1.72. The van der Waals surface area contributed by atoms with Crippen molar-refractivity contribution in [2.24, 2.45) is 5.92 Å². The predicted molar refractivity (Wildman–Crippen MR) is 134 cm³/mol. The van der Waals surface area contributed by atoms with Crippen LogP contribution in [0.2, 0.25) is 6.04 Å². The van der Waals surface area contributed by atoms with Gasteiger partial charge in [-0.05, 0) is 60.8 Å². The van der Waals surface area contributed by atoms with Crippen LogP contribution in [0.25, 0.3) is 9.75 Å². The topological polar surface area (TPSA) is 0 Å². The quantitative estimate of drug-likeness (QED) is 0.338. The largest absolute Gasteiger partial charge is 0.164 e. The third-order valence-corrected chi connectivity index (χ3v) is 16.3. The van der Waals surface area contributed by atoms with E-state index in [9.17, 15) is 0 Å². The van der Waals surface area contributed by atoms with Gasteiger partial charge < -0.3 is 0 Å². The summed E-state index contributed by atoms with van der Waals surface area (Å²) in [6.45, 7) is 11.7. The summed E-state index contributed by atoms with van der Waals surface area (Å²) in [5, 5.41) is 3.49. The predicted octanol–water partition coefficient (Wildman–Crippen LogP) is 6.72. The Kier molecular flexibility index (Phi) is 6.04. The molecule has 0 fully saturated rings.